The van der Waals surface area contributed by atoms with Gasteiger partial charge < -0.3 is 0 Å². The van der Waals surface area contributed by atoms with Crippen LogP contribution in [0.5, 0.6) is 0 Å². The van der Waals surface area contributed by atoms with Crippen molar-refractivity contribution in [2.24, 2.45) is 0 Å². The highest BCUT2D eigenvalue weighted by Gasteiger charge is 2.17. The van der Waals surface area contributed by atoms with Crippen molar-refractivity contribution in [1.29, 1.82) is 0 Å². The highest BCUT2D eigenvalue weighted by atomic mass is 35.5. The van der Waals surface area contributed by atoms with Gasteiger partial charge in [-0.2, -0.15) is 0 Å². The lowest BCUT2D eigenvalue weighted by atomic mass is 9.99. The Kier molecular flexibility index (Phi) is 3.72. The molecule has 0 spiro atoms. The van der Waals surface area contributed by atoms with Crippen LogP contribution in [-0.4, -0.2) is 5.78 Å². The summed E-state index contributed by atoms with van der Waals surface area (Å²) in [6.45, 7) is 1.92. The number of hydrogen-bond acceptors (Lipinski definition) is 2. The average Bonchev–Trinajstić information content (AvgIpc) is 2.28. The molecule has 0 radical (unpaired) electrons. The molecule has 0 heterocycles. The molecule has 0 aliphatic heterocycles. The minimum Gasteiger partial charge on any atom is -0.295 e. The van der Waals surface area contributed by atoms with Gasteiger partial charge in [-0.3, -0.25) is 4.79 Å². The molecule has 0 aromatic heterocycles. The predicted octanol–water partition coefficient (Wildman–Crippen LogP) is 4.46. The molecule has 0 fully saturated rings. The van der Waals surface area contributed by atoms with Gasteiger partial charge in [-0.1, -0.05) is 35.5 Å². The van der Waals surface area contributed by atoms with Gasteiger partial charge in [-0.15, -0.1) is 0 Å². The van der Waals surface area contributed by atoms with E-state index in [1.54, 1.807) is 11.8 Å². The standard InChI is InChI=1S/C13H13ClOS/c1-9-11(15)6-4-8-12(9)16-13-7-3-2-5-10(13)14/h2-3,5,7H,4,6,8H2,1H3. The zero-order valence-corrected chi connectivity index (χ0v) is 10.7. The SMILES string of the molecule is CC1=C(Sc2ccccc2Cl)CCCC1=O. The largest absolute Gasteiger partial charge is 0.295 e. The fourth-order valence-electron chi connectivity index (χ4n) is 1.73. The van der Waals surface area contributed by atoms with Crippen LogP contribution in [0.15, 0.2) is 39.6 Å². The fourth-order valence-corrected chi connectivity index (χ4v) is 3.07. The Labute approximate surface area is 105 Å². The van der Waals surface area contributed by atoms with Crippen molar-refractivity contribution in [1.82, 2.24) is 0 Å². The van der Waals surface area contributed by atoms with Gasteiger partial charge in [-0.25, -0.2) is 0 Å². The van der Waals surface area contributed by atoms with Crippen LogP contribution >= 0.6 is 23.4 Å². The molecule has 1 aromatic rings. The molecule has 16 heavy (non-hydrogen) atoms. The van der Waals surface area contributed by atoms with E-state index >= 15 is 0 Å². The maximum absolute atomic E-state index is 11.6. The summed E-state index contributed by atoms with van der Waals surface area (Å²) in [5.41, 5.74) is 0.913. The Morgan fingerprint density at radius 2 is 2.00 bits per heavy atom. The number of Topliss-reactive ketones (excluding diaryl/α,β-unsaturated/α-hetero) is 1. The predicted molar refractivity (Wildman–Crippen MR) is 68.9 cm³/mol. The van der Waals surface area contributed by atoms with Crippen molar-refractivity contribution < 1.29 is 4.79 Å². The second-order valence-corrected chi connectivity index (χ2v) is 5.40. The number of halogens is 1. The monoisotopic (exact) mass is 252 g/mol. The summed E-state index contributed by atoms with van der Waals surface area (Å²) in [6, 6.07) is 7.76. The van der Waals surface area contributed by atoms with Gasteiger partial charge in [0.1, 0.15) is 0 Å². The number of allylic oxidation sites excluding steroid dienone is 2. The molecule has 1 aliphatic carbocycles. The van der Waals surface area contributed by atoms with Crippen LogP contribution in [0, 0.1) is 0 Å². The lowest BCUT2D eigenvalue weighted by Crippen LogP contribution is -2.07. The third-order valence-corrected chi connectivity index (χ3v) is 4.49. The maximum atomic E-state index is 11.6. The number of thioether (sulfide) groups is 1. The first-order valence-electron chi connectivity index (χ1n) is 5.34. The van der Waals surface area contributed by atoms with Gasteiger partial charge >= 0.3 is 0 Å². The van der Waals surface area contributed by atoms with Crippen LogP contribution in [0.25, 0.3) is 0 Å². The first-order valence-corrected chi connectivity index (χ1v) is 6.53. The molecule has 84 valence electrons. The van der Waals surface area contributed by atoms with E-state index in [0.29, 0.717) is 6.42 Å². The summed E-state index contributed by atoms with van der Waals surface area (Å²) < 4.78 is 0. The maximum Gasteiger partial charge on any atom is 0.159 e. The molecular weight excluding hydrogens is 240 g/mol. The Balaban J connectivity index is 2.25. The smallest absolute Gasteiger partial charge is 0.159 e. The van der Waals surface area contributed by atoms with Gasteiger partial charge in [0.2, 0.25) is 0 Å². The molecule has 1 nitrogen and oxygen atoms in total. The van der Waals surface area contributed by atoms with Gasteiger partial charge in [0, 0.05) is 16.9 Å². The highest BCUT2D eigenvalue weighted by molar-refractivity contribution is 8.03. The van der Waals surface area contributed by atoms with E-state index in [9.17, 15) is 4.79 Å². The minimum atomic E-state index is 0.279. The molecule has 0 amide bonds. The zero-order chi connectivity index (χ0) is 11.5. The van der Waals surface area contributed by atoms with Crippen molar-refractivity contribution in [3.05, 3.63) is 39.8 Å². The number of benzene rings is 1. The molecule has 1 aromatic carbocycles. The summed E-state index contributed by atoms with van der Waals surface area (Å²) in [5.74, 6) is 0.279. The van der Waals surface area contributed by atoms with Gasteiger partial charge in [0.05, 0.1) is 5.02 Å². The lowest BCUT2D eigenvalue weighted by Gasteiger charge is -2.16. The summed E-state index contributed by atoms with van der Waals surface area (Å²) in [7, 11) is 0. The minimum absolute atomic E-state index is 0.279. The molecule has 3 heteroatoms. The third-order valence-electron chi connectivity index (χ3n) is 2.71. The second-order valence-electron chi connectivity index (χ2n) is 3.86. The zero-order valence-electron chi connectivity index (χ0n) is 9.13. The Morgan fingerprint density at radius 3 is 2.75 bits per heavy atom. The van der Waals surface area contributed by atoms with E-state index in [1.807, 2.05) is 31.2 Å². The molecule has 2 rings (SSSR count). The van der Waals surface area contributed by atoms with Crippen LogP contribution in [0.4, 0.5) is 0 Å². The van der Waals surface area contributed by atoms with Crippen LogP contribution in [-0.2, 0) is 4.79 Å². The summed E-state index contributed by atoms with van der Waals surface area (Å²) in [5, 5.41) is 0.755. The van der Waals surface area contributed by atoms with Crippen LogP contribution in [0.3, 0.4) is 0 Å². The Bertz CT molecular complexity index is 451. The van der Waals surface area contributed by atoms with Crippen molar-refractivity contribution in [2.75, 3.05) is 0 Å². The molecule has 0 bridgehead atoms. The number of carbonyl (C=O) groups is 1. The van der Waals surface area contributed by atoms with E-state index in [0.717, 1.165) is 28.3 Å². The van der Waals surface area contributed by atoms with E-state index in [4.69, 9.17) is 11.6 Å². The average molecular weight is 253 g/mol. The fraction of sp³-hybridized carbons (Fsp3) is 0.308. The first-order chi connectivity index (χ1) is 7.68. The molecule has 0 unspecified atom stereocenters. The Hall–Kier alpha value is -0.730. The molecular formula is C13H13ClOS. The third kappa shape index (κ3) is 2.50. The molecule has 1 aliphatic rings. The number of rotatable bonds is 2. The van der Waals surface area contributed by atoms with Crippen LogP contribution in [0.2, 0.25) is 5.02 Å². The van der Waals surface area contributed by atoms with E-state index < -0.39 is 0 Å². The molecule has 0 saturated heterocycles. The second kappa shape index (κ2) is 5.07. The highest BCUT2D eigenvalue weighted by Crippen LogP contribution is 2.38. The van der Waals surface area contributed by atoms with E-state index in [-0.39, 0.29) is 5.78 Å². The number of hydrogen-bond donors (Lipinski definition) is 0. The first kappa shape index (κ1) is 11.7. The van der Waals surface area contributed by atoms with Crippen molar-refractivity contribution >= 4 is 29.1 Å². The van der Waals surface area contributed by atoms with Crippen LogP contribution in [0.1, 0.15) is 26.2 Å². The lowest BCUT2D eigenvalue weighted by molar-refractivity contribution is -0.115. The Morgan fingerprint density at radius 1 is 1.25 bits per heavy atom. The molecule has 0 saturated carbocycles. The molecule has 0 atom stereocenters. The molecule has 0 N–H and O–H groups in total. The van der Waals surface area contributed by atoms with Gasteiger partial charge in [0.25, 0.3) is 0 Å². The van der Waals surface area contributed by atoms with Crippen molar-refractivity contribution in [3.63, 3.8) is 0 Å². The summed E-state index contributed by atoms with van der Waals surface area (Å²) >= 11 is 7.73. The van der Waals surface area contributed by atoms with Crippen molar-refractivity contribution in [3.8, 4) is 0 Å². The quantitative estimate of drug-likeness (QED) is 0.773. The van der Waals surface area contributed by atoms with Gasteiger partial charge in [-0.05, 0) is 36.8 Å². The normalized spacial score (nSPS) is 16.8. The summed E-state index contributed by atoms with van der Waals surface area (Å²) in [6.07, 6.45) is 2.65. The van der Waals surface area contributed by atoms with Crippen molar-refractivity contribution in [2.45, 2.75) is 31.1 Å². The van der Waals surface area contributed by atoms with Crippen LogP contribution < -0.4 is 0 Å². The van der Waals surface area contributed by atoms with Gasteiger partial charge in [0.15, 0.2) is 5.78 Å². The van der Waals surface area contributed by atoms with E-state index in [2.05, 4.69) is 0 Å². The topological polar surface area (TPSA) is 17.1 Å². The summed E-state index contributed by atoms with van der Waals surface area (Å²) in [4.78, 5) is 13.8. The number of ketones is 1. The number of carbonyl (C=O) groups excluding carboxylic acids is 1. The van der Waals surface area contributed by atoms with E-state index in [1.165, 1.54) is 4.91 Å².